The Labute approximate surface area is 194 Å². The summed E-state index contributed by atoms with van der Waals surface area (Å²) >= 11 is 3.41. The molecule has 0 aliphatic carbocycles. The third-order valence-corrected chi connectivity index (χ3v) is 6.10. The zero-order valence-electron chi connectivity index (χ0n) is 17.8. The molecule has 3 aromatic rings. The fourth-order valence-corrected chi connectivity index (χ4v) is 4.18. The molecule has 4 rings (SSSR count). The Morgan fingerprint density at radius 1 is 1.03 bits per heavy atom. The average Bonchev–Trinajstić information content (AvgIpc) is 2.82. The van der Waals surface area contributed by atoms with Crippen LogP contribution in [0.3, 0.4) is 0 Å². The first kappa shape index (κ1) is 22.1. The van der Waals surface area contributed by atoms with Crippen LogP contribution in [0.5, 0.6) is 17.2 Å². The van der Waals surface area contributed by atoms with Gasteiger partial charge in [-0.25, -0.2) is 4.39 Å². The Bertz CT molecular complexity index is 1100. The predicted octanol–water partition coefficient (Wildman–Crippen LogP) is 5.42. The lowest BCUT2D eigenvalue weighted by molar-refractivity contribution is 0.0589. The number of ether oxygens (including phenoxy) is 3. The Balaban J connectivity index is 1.69. The maximum absolute atomic E-state index is 13.4. The van der Waals surface area contributed by atoms with Crippen LogP contribution in [0, 0.1) is 5.82 Å². The van der Waals surface area contributed by atoms with E-state index in [2.05, 4.69) is 15.9 Å². The van der Waals surface area contributed by atoms with Gasteiger partial charge in [-0.3, -0.25) is 4.79 Å². The zero-order valence-corrected chi connectivity index (χ0v) is 19.4. The van der Waals surface area contributed by atoms with Crippen LogP contribution in [-0.4, -0.2) is 38.2 Å². The first-order valence-electron chi connectivity index (χ1n) is 10.2. The third kappa shape index (κ3) is 4.58. The minimum atomic E-state index is -0.347. The number of nitrogens with zero attached hydrogens (tertiary/aromatic N) is 1. The lowest BCUT2D eigenvalue weighted by Gasteiger charge is -2.37. The van der Waals surface area contributed by atoms with E-state index in [0.29, 0.717) is 35.8 Å². The highest BCUT2D eigenvalue weighted by Gasteiger charge is 2.33. The van der Waals surface area contributed by atoms with Crippen molar-refractivity contribution in [3.8, 4) is 17.2 Å². The summed E-state index contributed by atoms with van der Waals surface area (Å²) in [6.07, 6.45) is 0.686. The molecule has 0 aromatic heterocycles. The van der Waals surface area contributed by atoms with Crippen LogP contribution in [0.25, 0.3) is 0 Å². The summed E-state index contributed by atoms with van der Waals surface area (Å²) in [5.74, 6) is 1.37. The van der Waals surface area contributed by atoms with E-state index < -0.39 is 0 Å². The smallest absolute Gasteiger partial charge is 0.254 e. The van der Waals surface area contributed by atoms with Gasteiger partial charge in [0, 0.05) is 16.6 Å². The molecule has 0 radical (unpaired) electrons. The van der Waals surface area contributed by atoms with Crippen molar-refractivity contribution < 1.29 is 23.4 Å². The molecule has 1 amide bonds. The summed E-state index contributed by atoms with van der Waals surface area (Å²) < 4.78 is 31.1. The minimum Gasteiger partial charge on any atom is -0.493 e. The molecule has 7 heteroatoms. The third-order valence-electron chi connectivity index (χ3n) is 5.58. The molecule has 3 aromatic carbocycles. The van der Waals surface area contributed by atoms with Crippen LogP contribution in [0.1, 0.15) is 27.5 Å². The number of rotatable bonds is 6. The van der Waals surface area contributed by atoms with Gasteiger partial charge in [0.1, 0.15) is 18.2 Å². The zero-order chi connectivity index (χ0) is 22.7. The molecule has 1 unspecified atom stereocenters. The lowest BCUT2D eigenvalue weighted by atomic mass is 9.91. The van der Waals surface area contributed by atoms with Gasteiger partial charge in [-0.15, -0.1) is 0 Å². The van der Waals surface area contributed by atoms with E-state index >= 15 is 0 Å². The number of benzene rings is 3. The van der Waals surface area contributed by atoms with Gasteiger partial charge in [0.05, 0.1) is 20.3 Å². The highest BCUT2D eigenvalue weighted by Crippen LogP contribution is 2.39. The van der Waals surface area contributed by atoms with Crippen LogP contribution in [0.4, 0.5) is 4.39 Å². The molecule has 1 heterocycles. The first-order valence-corrected chi connectivity index (χ1v) is 11.0. The van der Waals surface area contributed by atoms with Crippen LogP contribution < -0.4 is 14.2 Å². The number of carbonyl (C=O) groups is 1. The number of carbonyl (C=O) groups excluding carboxylic acids is 1. The molecule has 32 heavy (non-hydrogen) atoms. The molecule has 0 N–H and O–H groups in total. The summed E-state index contributed by atoms with van der Waals surface area (Å²) in [6, 6.07) is 16.7. The van der Waals surface area contributed by atoms with Crippen molar-refractivity contribution >= 4 is 21.8 Å². The first-order chi connectivity index (χ1) is 15.5. The summed E-state index contributed by atoms with van der Waals surface area (Å²) in [4.78, 5) is 15.2. The van der Waals surface area contributed by atoms with Gasteiger partial charge in [-0.1, -0.05) is 15.9 Å². The van der Waals surface area contributed by atoms with Crippen molar-refractivity contribution in [3.05, 3.63) is 87.6 Å². The summed E-state index contributed by atoms with van der Waals surface area (Å²) in [5, 5.41) is 0. The van der Waals surface area contributed by atoms with Gasteiger partial charge in [0.25, 0.3) is 5.91 Å². The lowest BCUT2D eigenvalue weighted by Crippen LogP contribution is -2.42. The van der Waals surface area contributed by atoms with Gasteiger partial charge < -0.3 is 19.1 Å². The monoisotopic (exact) mass is 499 g/mol. The van der Waals surface area contributed by atoms with Crippen LogP contribution in [0.2, 0.25) is 0 Å². The number of hydrogen-bond donors (Lipinski definition) is 0. The maximum Gasteiger partial charge on any atom is 0.254 e. The molecule has 0 saturated heterocycles. The normalized spacial score (nSPS) is 15.1. The maximum atomic E-state index is 13.4. The van der Waals surface area contributed by atoms with Crippen molar-refractivity contribution in [1.82, 2.24) is 4.90 Å². The minimum absolute atomic E-state index is 0.0781. The second-order valence-corrected chi connectivity index (χ2v) is 8.36. The molecule has 5 nitrogen and oxygen atoms in total. The van der Waals surface area contributed by atoms with E-state index in [1.165, 1.54) is 12.1 Å². The second kappa shape index (κ2) is 9.61. The number of halogens is 2. The van der Waals surface area contributed by atoms with Gasteiger partial charge in [-0.05, 0) is 78.2 Å². The molecule has 0 bridgehead atoms. The quantitative estimate of drug-likeness (QED) is 0.454. The van der Waals surface area contributed by atoms with E-state index in [4.69, 9.17) is 14.2 Å². The van der Waals surface area contributed by atoms with Crippen LogP contribution >= 0.6 is 15.9 Å². The van der Waals surface area contributed by atoms with Gasteiger partial charge in [0.2, 0.25) is 0 Å². The van der Waals surface area contributed by atoms with Gasteiger partial charge in [-0.2, -0.15) is 0 Å². The fraction of sp³-hybridized carbons (Fsp3) is 0.240. The highest BCUT2D eigenvalue weighted by atomic mass is 79.9. The van der Waals surface area contributed by atoms with Crippen molar-refractivity contribution in [3.63, 3.8) is 0 Å². The Hall–Kier alpha value is -3.06. The Morgan fingerprint density at radius 2 is 1.69 bits per heavy atom. The fourth-order valence-electron chi connectivity index (χ4n) is 3.92. The molecule has 1 aliphatic rings. The van der Waals surface area contributed by atoms with E-state index in [0.717, 1.165) is 15.6 Å². The van der Waals surface area contributed by atoms with Gasteiger partial charge in [0.15, 0.2) is 11.5 Å². The number of fused-ring (bicyclic) bond motifs is 1. The standard InChI is InChI=1S/C25H23BrFNO4/c1-30-23-13-17-11-12-28(25(29)16-3-5-18(26)6-4-16)22(21(17)14-24(23)31-2)15-32-20-9-7-19(27)8-10-20/h3-10,13-14,22H,11-12,15H2,1-2H3. The number of hydrogen-bond acceptors (Lipinski definition) is 4. The summed E-state index contributed by atoms with van der Waals surface area (Å²) in [5.41, 5.74) is 2.63. The van der Waals surface area contributed by atoms with Crippen LogP contribution in [0.15, 0.2) is 65.1 Å². The summed E-state index contributed by atoms with van der Waals surface area (Å²) in [7, 11) is 3.19. The van der Waals surface area contributed by atoms with E-state index in [1.807, 2.05) is 29.2 Å². The van der Waals surface area contributed by atoms with Crippen LogP contribution in [-0.2, 0) is 6.42 Å². The average molecular weight is 500 g/mol. The summed E-state index contributed by atoms with van der Waals surface area (Å²) in [6.45, 7) is 0.755. The Kier molecular flexibility index (Phi) is 6.65. The van der Waals surface area contributed by atoms with Gasteiger partial charge >= 0.3 is 0 Å². The van der Waals surface area contributed by atoms with E-state index in [9.17, 15) is 9.18 Å². The number of methoxy groups -OCH3 is 2. The molecule has 0 spiro atoms. The van der Waals surface area contributed by atoms with Crippen molar-refractivity contribution in [2.75, 3.05) is 27.4 Å². The molecule has 0 fully saturated rings. The molecular weight excluding hydrogens is 477 g/mol. The SMILES string of the molecule is COc1cc2c(cc1OC)C(COc1ccc(F)cc1)N(C(=O)c1ccc(Br)cc1)CC2. The Morgan fingerprint density at radius 3 is 2.34 bits per heavy atom. The second-order valence-electron chi connectivity index (χ2n) is 7.44. The number of amides is 1. The molecular formula is C25H23BrFNO4. The largest absolute Gasteiger partial charge is 0.493 e. The topological polar surface area (TPSA) is 48.0 Å². The van der Waals surface area contributed by atoms with Crippen molar-refractivity contribution in [1.29, 1.82) is 0 Å². The van der Waals surface area contributed by atoms with E-state index in [-0.39, 0.29) is 24.4 Å². The molecule has 1 atom stereocenters. The predicted molar refractivity (Wildman–Crippen MR) is 123 cm³/mol. The molecule has 1 aliphatic heterocycles. The highest BCUT2D eigenvalue weighted by molar-refractivity contribution is 9.10. The molecule has 0 saturated carbocycles. The molecule has 166 valence electrons. The van der Waals surface area contributed by atoms with Crippen molar-refractivity contribution in [2.45, 2.75) is 12.5 Å². The van der Waals surface area contributed by atoms with E-state index in [1.54, 1.807) is 38.5 Å². The van der Waals surface area contributed by atoms with Crippen molar-refractivity contribution in [2.24, 2.45) is 0 Å².